The maximum atomic E-state index is 14.5. The van der Waals surface area contributed by atoms with Crippen LogP contribution in [-0.2, 0) is 32.7 Å². The van der Waals surface area contributed by atoms with Crippen molar-refractivity contribution < 1.29 is 45.8 Å². The summed E-state index contributed by atoms with van der Waals surface area (Å²) < 4.78 is 83.0. The monoisotopic (exact) mass is 413 g/mol. The molecule has 0 atom stereocenters. The van der Waals surface area contributed by atoms with E-state index in [0.717, 1.165) is 21.3 Å². The maximum absolute atomic E-state index is 14.5. The van der Waals surface area contributed by atoms with Crippen molar-refractivity contribution in [1.29, 1.82) is 0 Å². The molecule has 0 aliphatic carbocycles. The van der Waals surface area contributed by atoms with E-state index in [1.807, 2.05) is 0 Å². The van der Waals surface area contributed by atoms with Crippen molar-refractivity contribution in [3.05, 3.63) is 28.1 Å². The zero-order chi connectivity index (χ0) is 21.9. The minimum absolute atomic E-state index is 0.309. The highest BCUT2D eigenvalue weighted by atomic mass is 19.4. The molecule has 0 amide bonds. The highest BCUT2D eigenvalue weighted by Crippen LogP contribution is 2.40. The molecule has 0 radical (unpaired) electrons. The van der Waals surface area contributed by atoms with E-state index in [1.54, 1.807) is 13.8 Å². The highest BCUT2D eigenvalue weighted by molar-refractivity contribution is 5.99. The summed E-state index contributed by atoms with van der Waals surface area (Å²) >= 11 is 0. The Labute approximate surface area is 158 Å². The molecular formula is C17H20F5NO5. The Kier molecular flexibility index (Phi) is 7.46. The summed E-state index contributed by atoms with van der Waals surface area (Å²) in [6.07, 6.45) is -5.57. The van der Waals surface area contributed by atoms with Gasteiger partial charge in [0.15, 0.2) is 5.69 Å². The Morgan fingerprint density at radius 2 is 1.39 bits per heavy atom. The van der Waals surface area contributed by atoms with Gasteiger partial charge in [0.1, 0.15) is 12.3 Å². The molecule has 0 spiro atoms. The molecule has 0 fully saturated rings. The van der Waals surface area contributed by atoms with Crippen molar-refractivity contribution in [2.24, 2.45) is 5.92 Å². The second kappa shape index (κ2) is 8.80. The summed E-state index contributed by atoms with van der Waals surface area (Å²) in [5.74, 6) is -7.27. The smallest absolute Gasteiger partial charge is 0.434 e. The van der Waals surface area contributed by atoms with Crippen LogP contribution in [0.2, 0.25) is 0 Å². The second-order valence-corrected chi connectivity index (χ2v) is 6.25. The van der Waals surface area contributed by atoms with Crippen LogP contribution in [0, 0.1) is 5.92 Å². The number of methoxy groups -OCH3 is 3. The summed E-state index contributed by atoms with van der Waals surface area (Å²) in [5.41, 5.74) is -5.92. The number of esters is 2. The summed E-state index contributed by atoms with van der Waals surface area (Å²) in [4.78, 5) is 27.3. The average molecular weight is 413 g/mol. The largest absolute Gasteiger partial charge is 0.465 e. The van der Waals surface area contributed by atoms with Crippen LogP contribution in [0.25, 0.3) is 0 Å². The van der Waals surface area contributed by atoms with Gasteiger partial charge in [-0.05, 0) is 17.9 Å². The topological polar surface area (TPSA) is 74.7 Å². The number of carbonyl (C=O) groups is 2. The zero-order valence-electron chi connectivity index (χ0n) is 15.9. The molecule has 0 saturated heterocycles. The molecule has 0 bridgehead atoms. The third kappa shape index (κ3) is 4.94. The van der Waals surface area contributed by atoms with Gasteiger partial charge >= 0.3 is 24.0 Å². The van der Waals surface area contributed by atoms with Crippen LogP contribution >= 0.6 is 0 Å². The van der Waals surface area contributed by atoms with E-state index in [-0.39, 0.29) is 6.42 Å². The summed E-state index contributed by atoms with van der Waals surface area (Å²) in [7, 11) is 2.61. The van der Waals surface area contributed by atoms with Gasteiger partial charge in [-0.1, -0.05) is 13.8 Å². The number of halogens is 5. The SMILES string of the molecule is COCC(F)(F)c1nc(C(F)(F)F)c(C(=O)OC)c(CC(C)C)c1C(=O)OC. The maximum Gasteiger partial charge on any atom is 0.434 e. The third-order valence-electron chi connectivity index (χ3n) is 3.63. The van der Waals surface area contributed by atoms with Crippen LogP contribution in [0.1, 0.15) is 51.5 Å². The van der Waals surface area contributed by atoms with Crippen molar-refractivity contribution in [1.82, 2.24) is 4.98 Å². The first kappa shape index (κ1) is 23.7. The quantitative estimate of drug-likeness (QED) is 0.502. The van der Waals surface area contributed by atoms with Crippen LogP contribution in [0.4, 0.5) is 22.0 Å². The van der Waals surface area contributed by atoms with E-state index in [0.29, 0.717) is 0 Å². The number of nitrogens with zero attached hydrogens (tertiary/aromatic N) is 1. The number of pyridine rings is 1. The first-order valence-electron chi connectivity index (χ1n) is 7.99. The van der Waals surface area contributed by atoms with Crippen LogP contribution in [0.15, 0.2) is 0 Å². The molecule has 158 valence electrons. The van der Waals surface area contributed by atoms with Crippen LogP contribution in [0.3, 0.4) is 0 Å². The van der Waals surface area contributed by atoms with Crippen molar-refractivity contribution in [3.63, 3.8) is 0 Å². The molecule has 1 rings (SSSR count). The van der Waals surface area contributed by atoms with Gasteiger partial charge < -0.3 is 14.2 Å². The molecule has 0 unspecified atom stereocenters. The highest BCUT2D eigenvalue weighted by Gasteiger charge is 2.47. The third-order valence-corrected chi connectivity index (χ3v) is 3.63. The normalized spacial score (nSPS) is 12.2. The lowest BCUT2D eigenvalue weighted by atomic mass is 9.89. The molecule has 0 saturated carbocycles. The molecule has 1 heterocycles. The van der Waals surface area contributed by atoms with Crippen molar-refractivity contribution in [2.45, 2.75) is 32.4 Å². The van der Waals surface area contributed by atoms with Gasteiger partial charge in [-0.15, -0.1) is 0 Å². The molecule has 0 N–H and O–H groups in total. The Morgan fingerprint density at radius 1 is 0.929 bits per heavy atom. The van der Waals surface area contributed by atoms with Gasteiger partial charge in [-0.3, -0.25) is 0 Å². The van der Waals surface area contributed by atoms with E-state index in [1.165, 1.54) is 0 Å². The van der Waals surface area contributed by atoms with Gasteiger partial charge in [0.2, 0.25) is 0 Å². The fraction of sp³-hybridized carbons (Fsp3) is 0.588. The first-order chi connectivity index (χ1) is 12.8. The molecular weight excluding hydrogens is 393 g/mol. The fourth-order valence-electron chi connectivity index (χ4n) is 2.61. The van der Waals surface area contributed by atoms with Crippen molar-refractivity contribution in [2.75, 3.05) is 27.9 Å². The Bertz CT molecular complexity index is 746. The molecule has 0 aromatic carbocycles. The van der Waals surface area contributed by atoms with E-state index in [4.69, 9.17) is 0 Å². The minimum Gasteiger partial charge on any atom is -0.465 e. The lowest BCUT2D eigenvalue weighted by Gasteiger charge is -2.24. The Balaban J connectivity index is 4.17. The lowest BCUT2D eigenvalue weighted by Crippen LogP contribution is -2.31. The number of hydrogen-bond donors (Lipinski definition) is 0. The van der Waals surface area contributed by atoms with Crippen LogP contribution < -0.4 is 0 Å². The molecule has 1 aromatic rings. The van der Waals surface area contributed by atoms with Crippen LogP contribution in [-0.4, -0.2) is 44.9 Å². The number of aromatic nitrogens is 1. The second-order valence-electron chi connectivity index (χ2n) is 6.25. The summed E-state index contributed by atoms with van der Waals surface area (Å²) in [6.45, 7) is 1.81. The van der Waals surface area contributed by atoms with Gasteiger partial charge in [0, 0.05) is 7.11 Å². The van der Waals surface area contributed by atoms with Crippen molar-refractivity contribution >= 4 is 11.9 Å². The molecule has 11 heteroatoms. The fourth-order valence-corrected chi connectivity index (χ4v) is 2.61. The predicted octanol–water partition coefficient (Wildman–Crippen LogP) is 3.61. The summed E-state index contributed by atoms with van der Waals surface area (Å²) in [6, 6.07) is 0. The van der Waals surface area contributed by atoms with E-state index in [2.05, 4.69) is 19.2 Å². The lowest BCUT2D eigenvalue weighted by molar-refractivity contribution is -0.142. The number of hydrogen-bond acceptors (Lipinski definition) is 6. The Hall–Kier alpha value is -2.30. The standard InChI is InChI=1S/C17H20F5NO5/c1-8(2)6-9-10(14(24)27-4)12(16(18,19)7-26-3)23-13(17(20,21)22)11(9)15(25)28-5/h8H,6-7H2,1-5H3. The van der Waals surface area contributed by atoms with Gasteiger partial charge in [-0.2, -0.15) is 22.0 Å². The zero-order valence-corrected chi connectivity index (χ0v) is 15.9. The van der Waals surface area contributed by atoms with Gasteiger partial charge in [0.25, 0.3) is 0 Å². The minimum atomic E-state index is -5.26. The average Bonchev–Trinajstić information content (AvgIpc) is 2.58. The molecule has 0 aliphatic rings. The Morgan fingerprint density at radius 3 is 1.75 bits per heavy atom. The number of rotatable bonds is 7. The molecule has 6 nitrogen and oxygen atoms in total. The molecule has 0 aliphatic heterocycles. The van der Waals surface area contributed by atoms with Crippen LogP contribution in [0.5, 0.6) is 0 Å². The van der Waals surface area contributed by atoms with E-state index < -0.39 is 64.6 Å². The first-order valence-corrected chi connectivity index (χ1v) is 7.99. The van der Waals surface area contributed by atoms with Gasteiger partial charge in [-0.25, -0.2) is 14.6 Å². The number of carbonyl (C=O) groups excluding carboxylic acids is 2. The summed E-state index contributed by atoms with van der Waals surface area (Å²) in [5, 5.41) is 0. The predicted molar refractivity (Wildman–Crippen MR) is 86.2 cm³/mol. The molecule has 28 heavy (non-hydrogen) atoms. The van der Waals surface area contributed by atoms with E-state index in [9.17, 15) is 31.5 Å². The van der Waals surface area contributed by atoms with Gasteiger partial charge in [0.05, 0.1) is 25.3 Å². The molecule has 1 aromatic heterocycles. The van der Waals surface area contributed by atoms with Crippen molar-refractivity contribution in [3.8, 4) is 0 Å². The number of ether oxygens (including phenoxy) is 3. The number of alkyl halides is 5. The van der Waals surface area contributed by atoms with E-state index >= 15 is 0 Å².